The van der Waals surface area contributed by atoms with E-state index in [0.29, 0.717) is 0 Å². The van der Waals surface area contributed by atoms with E-state index in [9.17, 15) is 0 Å². The number of hydrogen-bond acceptors (Lipinski definition) is 0. The van der Waals surface area contributed by atoms with Gasteiger partial charge in [0, 0.05) is 0 Å². The van der Waals surface area contributed by atoms with Crippen LogP contribution in [0.25, 0.3) is 27.5 Å². The molecule has 0 amide bonds. The van der Waals surface area contributed by atoms with Crippen molar-refractivity contribution in [2.45, 2.75) is 32.6 Å². The van der Waals surface area contributed by atoms with E-state index in [0.717, 1.165) is 6.42 Å². The Morgan fingerprint density at radius 3 is 2.21 bits per heavy atom. The fourth-order valence-corrected chi connectivity index (χ4v) is 5.90. The van der Waals surface area contributed by atoms with E-state index in [-0.39, 0.29) is 5.41 Å². The lowest BCUT2D eigenvalue weighted by Crippen LogP contribution is -2.32. The molecular weight excluding hydrogens is 348 g/mol. The van der Waals surface area contributed by atoms with Crippen LogP contribution in [-0.4, -0.2) is 0 Å². The highest BCUT2D eigenvalue weighted by Crippen LogP contribution is 2.60. The molecule has 2 aliphatic carbocycles. The minimum absolute atomic E-state index is 0.199. The molecule has 0 fully saturated rings. The quantitative estimate of drug-likeness (QED) is 0.324. The zero-order chi connectivity index (χ0) is 19.8. The zero-order valence-corrected chi connectivity index (χ0v) is 17.2. The molecule has 4 aromatic carbocycles. The molecule has 0 heterocycles. The number of rotatable bonds is 1. The molecule has 0 heteroatoms. The van der Waals surface area contributed by atoms with Crippen LogP contribution in [0.5, 0.6) is 0 Å². The van der Waals surface area contributed by atoms with Crippen molar-refractivity contribution in [2.75, 3.05) is 0 Å². The van der Waals surface area contributed by atoms with Crippen LogP contribution in [0.15, 0.2) is 84.4 Å². The molecule has 1 unspecified atom stereocenters. The summed E-state index contributed by atoms with van der Waals surface area (Å²) in [6.45, 7) is 6.91. The predicted octanol–water partition coefficient (Wildman–Crippen LogP) is 7.52. The number of aryl methyl sites for hydroxylation is 1. The molecule has 1 atom stereocenters. The van der Waals surface area contributed by atoms with Gasteiger partial charge in [-0.2, -0.15) is 0 Å². The molecule has 140 valence electrons. The summed E-state index contributed by atoms with van der Waals surface area (Å²) in [5, 5.41) is 2.75. The molecular formula is C29H24. The Morgan fingerprint density at radius 1 is 0.655 bits per heavy atom. The second kappa shape index (κ2) is 5.70. The summed E-state index contributed by atoms with van der Waals surface area (Å²) in [4.78, 5) is 0. The van der Waals surface area contributed by atoms with Gasteiger partial charge in [0.15, 0.2) is 0 Å². The van der Waals surface area contributed by atoms with E-state index >= 15 is 0 Å². The molecule has 6 rings (SSSR count). The van der Waals surface area contributed by atoms with Gasteiger partial charge in [-0.25, -0.2) is 0 Å². The average molecular weight is 373 g/mol. The number of fused-ring (bicyclic) bond motifs is 6. The van der Waals surface area contributed by atoms with Gasteiger partial charge in [0.25, 0.3) is 0 Å². The number of benzene rings is 4. The SMILES string of the molecule is CCc1ccc2c(c1)C1(C(C)=C2C)c2ccccc2-c2cccc3cccc1c23. The van der Waals surface area contributed by atoms with Gasteiger partial charge in [-0.1, -0.05) is 91.4 Å². The molecule has 0 nitrogen and oxygen atoms in total. The van der Waals surface area contributed by atoms with Crippen molar-refractivity contribution in [3.63, 3.8) is 0 Å². The fraction of sp³-hybridized carbons (Fsp3) is 0.172. The lowest BCUT2D eigenvalue weighted by Gasteiger charge is -2.40. The summed E-state index contributed by atoms with van der Waals surface area (Å²) < 4.78 is 0. The Morgan fingerprint density at radius 2 is 1.38 bits per heavy atom. The van der Waals surface area contributed by atoms with Crippen LogP contribution in [0.2, 0.25) is 0 Å². The highest BCUT2D eigenvalue weighted by Gasteiger charge is 2.48. The van der Waals surface area contributed by atoms with Gasteiger partial charge in [0.1, 0.15) is 0 Å². The minimum atomic E-state index is -0.199. The van der Waals surface area contributed by atoms with Gasteiger partial charge in [-0.05, 0) is 75.6 Å². The molecule has 0 N–H and O–H groups in total. The molecule has 2 aliphatic rings. The third-order valence-electron chi connectivity index (χ3n) is 7.36. The number of hydrogen-bond donors (Lipinski definition) is 0. The first kappa shape index (κ1) is 16.8. The highest BCUT2D eigenvalue weighted by molar-refractivity contribution is 6.06. The summed E-state index contributed by atoms with van der Waals surface area (Å²) in [7, 11) is 0. The molecule has 1 spiro atoms. The monoisotopic (exact) mass is 372 g/mol. The maximum absolute atomic E-state index is 2.47. The molecule has 4 aromatic rings. The van der Waals surface area contributed by atoms with E-state index in [2.05, 4.69) is 99.6 Å². The lowest BCUT2D eigenvalue weighted by molar-refractivity contribution is 0.746. The van der Waals surface area contributed by atoms with Crippen LogP contribution >= 0.6 is 0 Å². The van der Waals surface area contributed by atoms with E-state index in [1.54, 1.807) is 0 Å². The Balaban J connectivity index is 1.89. The van der Waals surface area contributed by atoms with E-state index < -0.39 is 0 Å². The molecule has 0 radical (unpaired) electrons. The predicted molar refractivity (Wildman–Crippen MR) is 123 cm³/mol. The topological polar surface area (TPSA) is 0 Å². The van der Waals surface area contributed by atoms with E-state index in [1.165, 1.54) is 60.9 Å². The van der Waals surface area contributed by atoms with Gasteiger partial charge in [-0.3, -0.25) is 0 Å². The van der Waals surface area contributed by atoms with Gasteiger partial charge >= 0.3 is 0 Å². The van der Waals surface area contributed by atoms with Crippen molar-refractivity contribution in [2.24, 2.45) is 0 Å². The largest absolute Gasteiger partial charge is 0.0682 e. The highest BCUT2D eigenvalue weighted by atomic mass is 14.5. The molecule has 0 saturated carbocycles. The van der Waals surface area contributed by atoms with Crippen molar-refractivity contribution in [3.05, 3.63) is 112 Å². The van der Waals surface area contributed by atoms with Crippen molar-refractivity contribution in [1.29, 1.82) is 0 Å². The maximum atomic E-state index is 2.47. The standard InChI is InChI=1S/C29H24/c1-4-20-15-16-22-18(2)19(3)29(27(22)17-20)25-13-6-5-11-23(25)24-12-7-9-21-10-8-14-26(29)28(21)24/h5-17H,4H2,1-3H3. The van der Waals surface area contributed by atoms with Crippen molar-refractivity contribution in [1.82, 2.24) is 0 Å². The van der Waals surface area contributed by atoms with E-state index in [4.69, 9.17) is 0 Å². The van der Waals surface area contributed by atoms with E-state index in [1.807, 2.05) is 0 Å². The molecule has 0 bridgehead atoms. The minimum Gasteiger partial charge on any atom is -0.0619 e. The first-order valence-corrected chi connectivity index (χ1v) is 10.6. The van der Waals surface area contributed by atoms with Crippen molar-refractivity contribution in [3.8, 4) is 11.1 Å². The molecule has 0 aliphatic heterocycles. The summed E-state index contributed by atoms with van der Waals surface area (Å²) in [5.41, 5.74) is 12.6. The van der Waals surface area contributed by atoms with Gasteiger partial charge < -0.3 is 0 Å². The normalized spacial score (nSPS) is 19.0. The second-order valence-corrected chi connectivity index (χ2v) is 8.49. The Hall–Kier alpha value is -3.12. The maximum Gasteiger partial charge on any atom is 0.0682 e. The Bertz CT molecular complexity index is 1350. The third kappa shape index (κ3) is 1.90. The second-order valence-electron chi connectivity index (χ2n) is 8.49. The van der Waals surface area contributed by atoms with Crippen LogP contribution < -0.4 is 0 Å². The molecule has 0 aromatic heterocycles. The van der Waals surface area contributed by atoms with Crippen LogP contribution in [0.1, 0.15) is 48.6 Å². The summed E-state index contributed by atoms with van der Waals surface area (Å²) in [6, 6.07) is 29.8. The average Bonchev–Trinajstić information content (AvgIpc) is 2.99. The first-order valence-electron chi connectivity index (χ1n) is 10.6. The Labute approximate surface area is 172 Å². The van der Waals surface area contributed by atoms with Crippen LogP contribution in [-0.2, 0) is 11.8 Å². The smallest absolute Gasteiger partial charge is 0.0619 e. The lowest BCUT2D eigenvalue weighted by atomic mass is 9.61. The molecule has 29 heavy (non-hydrogen) atoms. The van der Waals surface area contributed by atoms with Gasteiger partial charge in [0.2, 0.25) is 0 Å². The first-order chi connectivity index (χ1) is 14.2. The van der Waals surface area contributed by atoms with Gasteiger partial charge in [0.05, 0.1) is 5.41 Å². The third-order valence-corrected chi connectivity index (χ3v) is 7.36. The summed E-state index contributed by atoms with van der Waals surface area (Å²) in [6.07, 6.45) is 1.06. The molecule has 0 saturated heterocycles. The number of allylic oxidation sites excluding steroid dienone is 2. The van der Waals surface area contributed by atoms with Crippen molar-refractivity contribution < 1.29 is 0 Å². The zero-order valence-electron chi connectivity index (χ0n) is 17.2. The fourth-order valence-electron chi connectivity index (χ4n) is 5.90. The summed E-state index contributed by atoms with van der Waals surface area (Å²) >= 11 is 0. The van der Waals surface area contributed by atoms with Crippen molar-refractivity contribution >= 4 is 16.3 Å². The van der Waals surface area contributed by atoms with Crippen LogP contribution in [0.3, 0.4) is 0 Å². The van der Waals surface area contributed by atoms with Crippen LogP contribution in [0, 0.1) is 0 Å². The van der Waals surface area contributed by atoms with Crippen LogP contribution in [0.4, 0.5) is 0 Å². The Kier molecular flexibility index (Phi) is 3.30. The van der Waals surface area contributed by atoms with Gasteiger partial charge in [-0.15, -0.1) is 0 Å². The summed E-state index contributed by atoms with van der Waals surface area (Å²) in [5.74, 6) is 0.